The van der Waals surface area contributed by atoms with Crippen molar-refractivity contribution in [2.45, 2.75) is 36.8 Å². The lowest BCUT2D eigenvalue weighted by Gasteiger charge is -2.16. The second-order valence-corrected chi connectivity index (χ2v) is 16.7. The molecule has 2 aliphatic rings. The summed E-state index contributed by atoms with van der Waals surface area (Å²) in [6, 6.07) is 33.6. The summed E-state index contributed by atoms with van der Waals surface area (Å²) in [5.74, 6) is 4.76. The maximum Gasteiger partial charge on any atom is 0.251 e. The molecule has 2 amide bonds. The number of carbonyl (C=O) groups is 2. The molecule has 336 valence electrons. The van der Waals surface area contributed by atoms with Gasteiger partial charge in [0.2, 0.25) is 0 Å². The molecule has 10 rings (SSSR count). The second kappa shape index (κ2) is 18.1. The highest BCUT2D eigenvalue weighted by molar-refractivity contribution is 6.08. The number of ether oxygens (including phenoxy) is 6. The molecule has 14 nitrogen and oxygen atoms in total. The third kappa shape index (κ3) is 9.27. The van der Waals surface area contributed by atoms with Crippen LogP contribution in [-0.2, 0) is 0 Å². The normalized spacial score (nSPS) is 14.2. The molecule has 6 aromatic carbocycles. The van der Waals surface area contributed by atoms with Gasteiger partial charge in [-0.3, -0.25) is 19.6 Å². The van der Waals surface area contributed by atoms with Gasteiger partial charge in [0.1, 0.15) is 36.2 Å². The van der Waals surface area contributed by atoms with Crippen molar-refractivity contribution in [2.24, 2.45) is 11.5 Å². The topological polar surface area (TPSA) is 191 Å². The summed E-state index contributed by atoms with van der Waals surface area (Å²) in [6.45, 7) is 0.889. The maximum atomic E-state index is 12.2. The molecule has 0 spiro atoms. The SMILES string of the molecule is CNC(=O)c1cccc2cc(Oc3ccnc4cc(OCC5(N)CC5)c(OC)cc34)ccc12.CNC(=O)c1cccc2cc(Oc3ccnc4cc(OCC5(N)CC5)c(OC)cc34)ccc12. The molecule has 66 heavy (non-hydrogen) atoms. The van der Waals surface area contributed by atoms with Crippen molar-refractivity contribution >= 4 is 55.2 Å². The lowest BCUT2D eigenvalue weighted by atomic mass is 10.0. The first-order chi connectivity index (χ1) is 32.0. The second-order valence-electron chi connectivity index (χ2n) is 16.7. The third-order valence-corrected chi connectivity index (χ3v) is 11.9. The van der Waals surface area contributed by atoms with Gasteiger partial charge in [0.05, 0.1) is 36.3 Å². The van der Waals surface area contributed by atoms with E-state index in [4.69, 9.17) is 39.9 Å². The van der Waals surface area contributed by atoms with Gasteiger partial charge in [-0.1, -0.05) is 24.3 Å². The number of rotatable bonds is 14. The van der Waals surface area contributed by atoms with Crippen LogP contribution in [-0.4, -0.2) is 74.4 Å². The van der Waals surface area contributed by atoms with Crippen LogP contribution in [0.5, 0.6) is 46.0 Å². The summed E-state index contributed by atoms with van der Waals surface area (Å²) in [6.07, 6.45) is 7.27. The number of nitrogens with zero attached hydrogens (tertiary/aromatic N) is 2. The standard InChI is InChI=1S/2C26H25N3O4/c2*1-28-25(30)19-5-3-4-16-12-17(6-7-18(16)19)33-22-8-11-29-21-14-24(23(31-2)13-20(21)22)32-15-26(27)9-10-26/h2*3-8,11-14H,9-10,15,27H2,1-2H3,(H,28,30). The zero-order chi connectivity index (χ0) is 46.0. The van der Waals surface area contributed by atoms with E-state index in [0.717, 1.165) is 69.0 Å². The highest BCUT2D eigenvalue weighted by Crippen LogP contribution is 2.42. The van der Waals surface area contributed by atoms with Crippen molar-refractivity contribution in [2.75, 3.05) is 41.5 Å². The Morgan fingerprint density at radius 2 is 0.955 bits per heavy atom. The van der Waals surface area contributed by atoms with Gasteiger partial charge in [0, 0.05) is 60.5 Å². The quantitative estimate of drug-likeness (QED) is 0.0813. The number of fused-ring (bicyclic) bond motifs is 4. The van der Waals surface area contributed by atoms with Crippen molar-refractivity contribution in [3.05, 3.63) is 133 Å². The van der Waals surface area contributed by atoms with Gasteiger partial charge < -0.3 is 50.5 Å². The monoisotopic (exact) mass is 886 g/mol. The van der Waals surface area contributed by atoms with E-state index in [0.29, 0.717) is 70.3 Å². The zero-order valence-electron chi connectivity index (χ0n) is 37.1. The Morgan fingerprint density at radius 1 is 0.530 bits per heavy atom. The van der Waals surface area contributed by atoms with Crippen LogP contribution >= 0.6 is 0 Å². The summed E-state index contributed by atoms with van der Waals surface area (Å²) in [5, 5.41) is 10.5. The van der Waals surface area contributed by atoms with E-state index in [9.17, 15) is 9.59 Å². The van der Waals surface area contributed by atoms with Gasteiger partial charge in [-0.15, -0.1) is 0 Å². The van der Waals surface area contributed by atoms with E-state index in [1.807, 2.05) is 97.1 Å². The number of methoxy groups -OCH3 is 2. The predicted molar refractivity (Wildman–Crippen MR) is 255 cm³/mol. The van der Waals surface area contributed by atoms with Crippen LogP contribution in [0.1, 0.15) is 46.4 Å². The minimum Gasteiger partial charge on any atom is -0.493 e. The van der Waals surface area contributed by atoms with Crippen LogP contribution in [0.2, 0.25) is 0 Å². The predicted octanol–water partition coefficient (Wildman–Crippen LogP) is 8.84. The van der Waals surface area contributed by atoms with E-state index < -0.39 is 0 Å². The Morgan fingerprint density at radius 3 is 1.33 bits per heavy atom. The van der Waals surface area contributed by atoms with Crippen molar-refractivity contribution in [3.63, 3.8) is 0 Å². The number of hydrogen-bond donors (Lipinski definition) is 4. The molecule has 0 unspecified atom stereocenters. The summed E-state index contributed by atoms with van der Waals surface area (Å²) < 4.78 is 35.5. The number of nitrogens with one attached hydrogen (secondary N) is 2. The zero-order valence-corrected chi connectivity index (χ0v) is 37.1. The number of hydrogen-bond acceptors (Lipinski definition) is 12. The number of aromatic nitrogens is 2. The molecular weight excluding hydrogens is 837 g/mol. The number of amides is 2. The smallest absolute Gasteiger partial charge is 0.251 e. The van der Waals surface area contributed by atoms with Crippen LogP contribution in [0, 0.1) is 0 Å². The highest BCUT2D eigenvalue weighted by atomic mass is 16.5. The Hall–Kier alpha value is -7.68. The highest BCUT2D eigenvalue weighted by Gasteiger charge is 2.40. The summed E-state index contributed by atoms with van der Waals surface area (Å²) in [4.78, 5) is 33.3. The lowest BCUT2D eigenvalue weighted by molar-refractivity contribution is 0.0956. The molecule has 0 aliphatic heterocycles. The molecule has 2 saturated carbocycles. The molecule has 2 aromatic heterocycles. The van der Waals surface area contributed by atoms with Gasteiger partial charge >= 0.3 is 0 Å². The molecule has 2 aliphatic carbocycles. The molecule has 6 N–H and O–H groups in total. The first kappa shape index (κ1) is 43.6. The Bertz CT molecular complexity index is 2940. The number of benzene rings is 6. The third-order valence-electron chi connectivity index (χ3n) is 11.9. The molecule has 8 aromatic rings. The van der Waals surface area contributed by atoms with E-state index >= 15 is 0 Å². The van der Waals surface area contributed by atoms with Crippen molar-refractivity contribution in [3.8, 4) is 46.0 Å². The molecule has 0 bridgehead atoms. The van der Waals surface area contributed by atoms with Gasteiger partial charge in [0.15, 0.2) is 23.0 Å². The Balaban J connectivity index is 0.000000166. The van der Waals surface area contributed by atoms with Gasteiger partial charge in [0.25, 0.3) is 11.8 Å². The minimum atomic E-state index is -0.230. The fourth-order valence-corrected chi connectivity index (χ4v) is 7.60. The first-order valence-corrected chi connectivity index (χ1v) is 21.6. The Kier molecular flexibility index (Phi) is 11.9. The molecule has 2 heterocycles. The molecule has 0 atom stereocenters. The van der Waals surface area contributed by atoms with Crippen LogP contribution in [0.4, 0.5) is 0 Å². The fraction of sp³-hybridized carbons (Fsp3) is 0.231. The molecular formula is C52H50N6O8. The van der Waals surface area contributed by atoms with E-state index in [-0.39, 0.29) is 22.9 Å². The summed E-state index contributed by atoms with van der Waals surface area (Å²) in [7, 11) is 6.46. The molecule has 2 fully saturated rings. The summed E-state index contributed by atoms with van der Waals surface area (Å²) in [5.41, 5.74) is 14.6. The van der Waals surface area contributed by atoms with Gasteiger partial charge in [-0.2, -0.15) is 0 Å². The van der Waals surface area contributed by atoms with Gasteiger partial charge in [-0.25, -0.2) is 0 Å². The first-order valence-electron chi connectivity index (χ1n) is 21.6. The van der Waals surface area contributed by atoms with Crippen LogP contribution in [0.15, 0.2) is 122 Å². The Labute approximate surface area is 381 Å². The average molecular weight is 887 g/mol. The van der Waals surface area contributed by atoms with Crippen LogP contribution in [0.3, 0.4) is 0 Å². The largest absolute Gasteiger partial charge is 0.493 e. The van der Waals surface area contributed by atoms with Gasteiger partial charge in [-0.05, 0) is 120 Å². The summed E-state index contributed by atoms with van der Waals surface area (Å²) >= 11 is 0. The lowest BCUT2D eigenvalue weighted by Crippen LogP contribution is -2.29. The van der Waals surface area contributed by atoms with Crippen molar-refractivity contribution in [1.29, 1.82) is 0 Å². The number of nitrogens with two attached hydrogens (primary N) is 2. The minimum absolute atomic E-state index is 0.123. The van der Waals surface area contributed by atoms with Crippen molar-refractivity contribution in [1.82, 2.24) is 20.6 Å². The maximum absolute atomic E-state index is 12.2. The van der Waals surface area contributed by atoms with Crippen LogP contribution < -0.4 is 50.5 Å². The fourth-order valence-electron chi connectivity index (χ4n) is 7.60. The van der Waals surface area contributed by atoms with Crippen molar-refractivity contribution < 1.29 is 38.0 Å². The van der Waals surface area contributed by atoms with E-state index in [1.54, 1.807) is 52.8 Å². The molecule has 14 heteroatoms. The molecule has 0 saturated heterocycles. The van der Waals surface area contributed by atoms with E-state index in [2.05, 4.69) is 20.6 Å². The van der Waals surface area contributed by atoms with E-state index in [1.165, 1.54) is 0 Å². The number of carbonyl (C=O) groups excluding carboxylic acids is 2. The molecule has 0 radical (unpaired) electrons. The van der Waals surface area contributed by atoms with Crippen LogP contribution in [0.25, 0.3) is 43.4 Å². The number of pyridine rings is 2. The average Bonchev–Trinajstić information content (AvgIpc) is 4.28.